The van der Waals surface area contributed by atoms with Crippen LogP contribution in [0.4, 0.5) is 4.79 Å². The molecule has 1 aromatic carbocycles. The van der Waals surface area contributed by atoms with E-state index in [0.29, 0.717) is 18.7 Å². The summed E-state index contributed by atoms with van der Waals surface area (Å²) in [6.45, 7) is 7.57. The van der Waals surface area contributed by atoms with Gasteiger partial charge in [0.1, 0.15) is 5.60 Å². The Morgan fingerprint density at radius 3 is 2.12 bits per heavy atom. The lowest BCUT2D eigenvalue weighted by molar-refractivity contribution is 0.0523. The minimum Gasteiger partial charge on any atom is -0.444 e. The van der Waals surface area contributed by atoms with Crippen LogP contribution in [0.1, 0.15) is 62.4 Å². The number of rotatable bonds is 10. The molecule has 0 heterocycles. The fourth-order valence-corrected chi connectivity index (χ4v) is 2.35. The molecule has 3 N–H and O–H groups in total. The van der Waals surface area contributed by atoms with Crippen molar-refractivity contribution in [3.63, 3.8) is 0 Å². The maximum atomic E-state index is 12.1. The Balaban J connectivity index is 2.28. The van der Waals surface area contributed by atoms with Gasteiger partial charge in [0, 0.05) is 18.7 Å². The molecule has 0 bridgehead atoms. The van der Waals surface area contributed by atoms with Crippen LogP contribution < -0.4 is 16.0 Å². The molecular formula is C20H33N3O3. The minimum absolute atomic E-state index is 0.0631. The monoisotopic (exact) mass is 363 g/mol. The number of amides is 2. The molecule has 0 aliphatic carbocycles. The summed E-state index contributed by atoms with van der Waals surface area (Å²) in [7, 11) is 1.96. The second-order valence-corrected chi connectivity index (χ2v) is 7.33. The van der Waals surface area contributed by atoms with Crippen molar-refractivity contribution in [1.29, 1.82) is 0 Å². The Bertz CT molecular complexity index is 550. The lowest BCUT2D eigenvalue weighted by atomic mass is 10.1. The van der Waals surface area contributed by atoms with Crippen molar-refractivity contribution in [3.05, 3.63) is 35.4 Å². The third-order valence-corrected chi connectivity index (χ3v) is 3.69. The van der Waals surface area contributed by atoms with E-state index in [1.807, 2.05) is 40.0 Å². The van der Waals surface area contributed by atoms with Gasteiger partial charge in [0.05, 0.1) is 0 Å². The van der Waals surface area contributed by atoms with Gasteiger partial charge in [0.2, 0.25) is 0 Å². The Morgan fingerprint density at radius 2 is 1.54 bits per heavy atom. The fraction of sp³-hybridized carbons (Fsp3) is 0.600. The molecule has 0 atom stereocenters. The zero-order valence-electron chi connectivity index (χ0n) is 16.5. The van der Waals surface area contributed by atoms with Crippen molar-refractivity contribution >= 4 is 12.0 Å². The average molecular weight is 364 g/mol. The van der Waals surface area contributed by atoms with Crippen LogP contribution in [0.25, 0.3) is 0 Å². The largest absolute Gasteiger partial charge is 0.444 e. The van der Waals surface area contributed by atoms with E-state index >= 15 is 0 Å². The maximum Gasteiger partial charge on any atom is 0.407 e. The van der Waals surface area contributed by atoms with E-state index in [4.69, 9.17) is 4.74 Å². The molecule has 0 aliphatic rings. The smallest absolute Gasteiger partial charge is 0.407 e. The normalized spacial score (nSPS) is 11.1. The van der Waals surface area contributed by atoms with E-state index in [2.05, 4.69) is 16.0 Å². The first-order chi connectivity index (χ1) is 12.3. The lowest BCUT2D eigenvalue weighted by Crippen LogP contribution is -2.32. The van der Waals surface area contributed by atoms with E-state index in [1.54, 1.807) is 12.1 Å². The van der Waals surface area contributed by atoms with E-state index in [1.165, 1.54) is 12.8 Å². The molecule has 0 spiro atoms. The van der Waals surface area contributed by atoms with Gasteiger partial charge >= 0.3 is 6.09 Å². The molecule has 0 saturated heterocycles. The summed E-state index contributed by atoms with van der Waals surface area (Å²) >= 11 is 0. The Morgan fingerprint density at radius 1 is 0.923 bits per heavy atom. The van der Waals surface area contributed by atoms with Gasteiger partial charge in [0.15, 0.2) is 0 Å². The lowest BCUT2D eigenvalue weighted by Gasteiger charge is -2.19. The van der Waals surface area contributed by atoms with Crippen LogP contribution in [0.2, 0.25) is 0 Å². The first-order valence-electron chi connectivity index (χ1n) is 9.30. The average Bonchev–Trinajstić information content (AvgIpc) is 2.58. The summed E-state index contributed by atoms with van der Waals surface area (Å²) in [5.74, 6) is -0.0631. The van der Waals surface area contributed by atoms with Crippen molar-refractivity contribution in [1.82, 2.24) is 16.0 Å². The number of nitrogens with one attached hydrogen (secondary N) is 3. The Kier molecular flexibility index (Phi) is 9.73. The van der Waals surface area contributed by atoms with Crippen molar-refractivity contribution in [2.45, 2.75) is 58.6 Å². The van der Waals surface area contributed by atoms with Crippen LogP contribution in [-0.2, 0) is 11.3 Å². The third-order valence-electron chi connectivity index (χ3n) is 3.69. The number of hydrogen-bond donors (Lipinski definition) is 3. The summed E-state index contributed by atoms with van der Waals surface area (Å²) in [6.07, 6.45) is 4.01. The van der Waals surface area contributed by atoms with Gasteiger partial charge in [-0.2, -0.15) is 0 Å². The molecule has 0 aromatic heterocycles. The minimum atomic E-state index is -0.515. The fourth-order valence-electron chi connectivity index (χ4n) is 2.35. The molecule has 1 rings (SSSR count). The molecule has 146 valence electrons. The molecule has 0 fully saturated rings. The van der Waals surface area contributed by atoms with E-state index in [-0.39, 0.29) is 5.91 Å². The van der Waals surface area contributed by atoms with E-state index in [9.17, 15) is 9.59 Å². The Labute approximate surface area is 157 Å². The number of benzene rings is 1. The van der Waals surface area contributed by atoms with Gasteiger partial charge in [-0.3, -0.25) is 4.79 Å². The van der Waals surface area contributed by atoms with Gasteiger partial charge in [-0.25, -0.2) is 4.79 Å². The Hall–Kier alpha value is -2.08. The van der Waals surface area contributed by atoms with Crippen LogP contribution in [-0.4, -0.2) is 37.7 Å². The summed E-state index contributed by atoms with van der Waals surface area (Å²) in [5.41, 5.74) is 1.02. The predicted molar refractivity (Wildman–Crippen MR) is 104 cm³/mol. The van der Waals surface area contributed by atoms with Gasteiger partial charge in [0.25, 0.3) is 5.91 Å². The zero-order valence-corrected chi connectivity index (χ0v) is 16.5. The van der Waals surface area contributed by atoms with Crippen LogP contribution >= 0.6 is 0 Å². The number of carbonyl (C=O) groups is 2. The van der Waals surface area contributed by atoms with Crippen LogP contribution in [0.3, 0.4) is 0 Å². The highest BCUT2D eigenvalue weighted by atomic mass is 16.6. The van der Waals surface area contributed by atoms with Gasteiger partial charge in [-0.15, -0.1) is 0 Å². The van der Waals surface area contributed by atoms with Crippen molar-refractivity contribution in [2.75, 3.05) is 20.1 Å². The first kappa shape index (κ1) is 22.0. The van der Waals surface area contributed by atoms with Gasteiger partial charge < -0.3 is 20.7 Å². The van der Waals surface area contributed by atoms with E-state index in [0.717, 1.165) is 24.9 Å². The molecule has 26 heavy (non-hydrogen) atoms. The van der Waals surface area contributed by atoms with Crippen LogP contribution in [0.15, 0.2) is 24.3 Å². The number of unbranched alkanes of at least 4 members (excludes halogenated alkanes) is 3. The standard InChI is InChI=1S/C20H33N3O3/c1-20(2,3)26-19(25)23-15-16-9-11-17(12-10-16)18(24)22-14-8-6-5-7-13-21-4/h9-12,21H,5-8,13-15H2,1-4H3,(H,22,24)(H,23,25). The molecule has 0 saturated carbocycles. The maximum absolute atomic E-state index is 12.1. The number of hydrogen-bond acceptors (Lipinski definition) is 4. The second-order valence-electron chi connectivity index (χ2n) is 7.33. The summed E-state index contributed by atoms with van der Waals surface area (Å²) in [6, 6.07) is 7.22. The summed E-state index contributed by atoms with van der Waals surface area (Å²) < 4.78 is 5.19. The second kappa shape index (κ2) is 11.5. The van der Waals surface area contributed by atoms with Gasteiger partial charge in [-0.05, 0) is 64.9 Å². The number of alkyl carbamates (subject to hydrolysis) is 1. The molecule has 6 heteroatoms. The SMILES string of the molecule is CNCCCCCCNC(=O)c1ccc(CNC(=O)OC(C)(C)C)cc1. The molecular weight excluding hydrogens is 330 g/mol. The van der Waals surface area contributed by atoms with Crippen molar-refractivity contribution < 1.29 is 14.3 Å². The highest BCUT2D eigenvalue weighted by Crippen LogP contribution is 2.08. The predicted octanol–water partition coefficient (Wildman–Crippen LogP) is 3.22. The highest BCUT2D eigenvalue weighted by Gasteiger charge is 2.15. The molecule has 6 nitrogen and oxygen atoms in total. The number of carbonyl (C=O) groups excluding carboxylic acids is 2. The summed E-state index contributed by atoms with van der Waals surface area (Å²) in [4.78, 5) is 23.7. The molecule has 1 aromatic rings. The quantitative estimate of drug-likeness (QED) is 0.558. The third kappa shape index (κ3) is 10.0. The van der Waals surface area contributed by atoms with Crippen LogP contribution in [0, 0.1) is 0 Å². The molecule has 2 amide bonds. The van der Waals surface area contributed by atoms with E-state index < -0.39 is 11.7 Å². The highest BCUT2D eigenvalue weighted by molar-refractivity contribution is 5.94. The van der Waals surface area contributed by atoms with Crippen molar-refractivity contribution in [3.8, 4) is 0 Å². The van der Waals surface area contributed by atoms with Crippen molar-refractivity contribution in [2.24, 2.45) is 0 Å². The topological polar surface area (TPSA) is 79.5 Å². The molecule has 0 radical (unpaired) electrons. The number of ether oxygens (including phenoxy) is 1. The van der Waals surface area contributed by atoms with Crippen LogP contribution in [0.5, 0.6) is 0 Å². The van der Waals surface area contributed by atoms with Gasteiger partial charge in [-0.1, -0.05) is 25.0 Å². The summed E-state index contributed by atoms with van der Waals surface area (Å²) in [5, 5.41) is 8.77. The molecule has 0 aliphatic heterocycles. The molecule has 0 unspecified atom stereocenters. The first-order valence-corrected chi connectivity index (χ1v) is 9.30. The zero-order chi connectivity index (χ0) is 19.4.